The lowest BCUT2D eigenvalue weighted by Crippen LogP contribution is -2.43. The van der Waals surface area contributed by atoms with Crippen LogP contribution in [-0.4, -0.2) is 59.2 Å². The van der Waals surface area contributed by atoms with E-state index in [-0.39, 0.29) is 17.7 Å². The van der Waals surface area contributed by atoms with Crippen molar-refractivity contribution in [1.82, 2.24) is 20.1 Å². The Morgan fingerprint density at radius 3 is 2.81 bits per heavy atom. The van der Waals surface area contributed by atoms with Crippen molar-refractivity contribution in [3.8, 4) is 22.8 Å². The highest BCUT2D eigenvalue weighted by molar-refractivity contribution is 5.96. The van der Waals surface area contributed by atoms with Gasteiger partial charge in [-0.3, -0.25) is 19.7 Å². The molecule has 1 atom stereocenters. The van der Waals surface area contributed by atoms with Gasteiger partial charge in [-0.25, -0.2) is 0 Å². The monoisotopic (exact) mass is 435 g/mol. The molecule has 1 fully saturated rings. The van der Waals surface area contributed by atoms with Crippen molar-refractivity contribution in [3.63, 3.8) is 0 Å². The maximum Gasteiger partial charge on any atom is 0.271 e. The molecule has 9 nitrogen and oxygen atoms in total. The van der Waals surface area contributed by atoms with E-state index in [9.17, 15) is 9.59 Å². The summed E-state index contributed by atoms with van der Waals surface area (Å²) in [5.41, 5.74) is 2.40. The third kappa shape index (κ3) is 4.56. The van der Waals surface area contributed by atoms with Gasteiger partial charge in [0.2, 0.25) is 5.91 Å². The lowest BCUT2D eigenvalue weighted by atomic mass is 9.96. The summed E-state index contributed by atoms with van der Waals surface area (Å²) in [7, 11) is 3.11. The van der Waals surface area contributed by atoms with Crippen LogP contribution in [0.5, 0.6) is 11.5 Å². The summed E-state index contributed by atoms with van der Waals surface area (Å²) in [6.07, 6.45) is 4.81. The van der Waals surface area contributed by atoms with E-state index in [1.807, 2.05) is 12.1 Å². The number of carbonyl (C=O) groups excluding carboxylic acids is 2. The van der Waals surface area contributed by atoms with Crippen LogP contribution < -0.4 is 14.8 Å². The molecule has 3 aromatic rings. The number of hydrogen-bond acceptors (Lipinski definition) is 6. The van der Waals surface area contributed by atoms with Gasteiger partial charge in [-0.2, -0.15) is 5.10 Å². The largest absolute Gasteiger partial charge is 0.497 e. The van der Waals surface area contributed by atoms with Gasteiger partial charge in [-0.1, -0.05) is 0 Å². The maximum atomic E-state index is 13.0. The molecular weight excluding hydrogens is 410 g/mol. The third-order valence-corrected chi connectivity index (χ3v) is 5.51. The van der Waals surface area contributed by atoms with Crippen LogP contribution in [0.25, 0.3) is 11.3 Å². The van der Waals surface area contributed by atoms with E-state index < -0.39 is 0 Å². The zero-order valence-electron chi connectivity index (χ0n) is 18.0. The van der Waals surface area contributed by atoms with Gasteiger partial charge in [0.15, 0.2) is 0 Å². The number of H-pyrrole nitrogens is 1. The van der Waals surface area contributed by atoms with Crippen molar-refractivity contribution in [3.05, 3.63) is 54.5 Å². The van der Waals surface area contributed by atoms with Crippen molar-refractivity contribution in [2.75, 3.05) is 32.6 Å². The number of piperidine rings is 1. The Morgan fingerprint density at radius 2 is 2.06 bits per heavy atom. The highest BCUT2D eigenvalue weighted by atomic mass is 16.5. The number of methoxy groups -OCH3 is 2. The molecular formula is C23H25N5O4. The molecule has 4 rings (SSSR count). The normalized spacial score (nSPS) is 15.8. The number of hydrogen-bond donors (Lipinski definition) is 2. The molecule has 0 radical (unpaired) electrons. The van der Waals surface area contributed by atoms with Gasteiger partial charge in [0, 0.05) is 37.1 Å². The van der Waals surface area contributed by atoms with Crippen molar-refractivity contribution < 1.29 is 19.1 Å². The molecule has 166 valence electrons. The topological polar surface area (TPSA) is 109 Å². The predicted molar refractivity (Wildman–Crippen MR) is 119 cm³/mol. The molecule has 2 aromatic heterocycles. The molecule has 1 aliphatic heterocycles. The lowest BCUT2D eigenvalue weighted by Gasteiger charge is -2.31. The fourth-order valence-corrected chi connectivity index (χ4v) is 3.79. The first-order valence-electron chi connectivity index (χ1n) is 10.4. The Kier molecular flexibility index (Phi) is 6.34. The van der Waals surface area contributed by atoms with Gasteiger partial charge < -0.3 is 19.7 Å². The number of pyridine rings is 1. The first kappa shape index (κ1) is 21.4. The van der Waals surface area contributed by atoms with Crippen molar-refractivity contribution in [2.24, 2.45) is 5.92 Å². The number of aromatic nitrogens is 3. The molecule has 0 unspecified atom stereocenters. The second-order valence-electron chi connectivity index (χ2n) is 7.55. The number of ether oxygens (including phenoxy) is 2. The Labute approximate surface area is 185 Å². The van der Waals surface area contributed by atoms with Gasteiger partial charge in [-0.15, -0.1) is 0 Å². The molecule has 32 heavy (non-hydrogen) atoms. The maximum absolute atomic E-state index is 13.0. The molecule has 1 aromatic carbocycles. The smallest absolute Gasteiger partial charge is 0.271 e. The fourth-order valence-electron chi connectivity index (χ4n) is 3.79. The first-order chi connectivity index (χ1) is 15.6. The van der Waals surface area contributed by atoms with Crippen LogP contribution in [0.15, 0.2) is 48.8 Å². The first-order valence-corrected chi connectivity index (χ1v) is 10.4. The Bertz CT molecular complexity index is 1100. The minimum Gasteiger partial charge on any atom is -0.497 e. The number of carbonyl (C=O) groups is 2. The zero-order chi connectivity index (χ0) is 22.5. The van der Waals surface area contributed by atoms with Crippen LogP contribution in [-0.2, 0) is 4.79 Å². The number of aromatic amines is 1. The summed E-state index contributed by atoms with van der Waals surface area (Å²) < 4.78 is 10.6. The van der Waals surface area contributed by atoms with Gasteiger partial charge in [-0.05, 0) is 43.2 Å². The van der Waals surface area contributed by atoms with E-state index in [1.165, 1.54) is 0 Å². The number of amides is 2. The van der Waals surface area contributed by atoms with Crippen LogP contribution in [0.3, 0.4) is 0 Å². The highest BCUT2D eigenvalue weighted by Crippen LogP contribution is 2.30. The number of anilines is 1. The summed E-state index contributed by atoms with van der Waals surface area (Å²) in [6.45, 7) is 0.921. The average molecular weight is 435 g/mol. The van der Waals surface area contributed by atoms with Gasteiger partial charge in [0.1, 0.15) is 17.2 Å². The standard InChI is InChI=1S/C23H25N5O4/c1-31-17-7-8-21(32-2)19(11-17)25-22(29)16-6-4-10-28(14-16)23(30)20-12-18(26-27-20)15-5-3-9-24-13-15/h3,5,7-9,11-13,16H,4,6,10,14H2,1-2H3,(H,25,29)(H,26,27)/t16-/m0/s1. The van der Waals surface area contributed by atoms with Gasteiger partial charge in [0.05, 0.1) is 31.5 Å². The predicted octanol–water partition coefficient (Wildman–Crippen LogP) is 2.98. The van der Waals surface area contributed by atoms with Gasteiger partial charge >= 0.3 is 0 Å². The Morgan fingerprint density at radius 1 is 1.19 bits per heavy atom. The van der Waals surface area contributed by atoms with Gasteiger partial charge in [0.25, 0.3) is 5.91 Å². The molecule has 0 bridgehead atoms. The molecule has 9 heteroatoms. The molecule has 1 aliphatic rings. The third-order valence-electron chi connectivity index (χ3n) is 5.51. The Balaban J connectivity index is 1.44. The number of rotatable bonds is 6. The van der Waals surface area contributed by atoms with E-state index in [0.29, 0.717) is 48.1 Å². The summed E-state index contributed by atoms with van der Waals surface area (Å²) in [5.74, 6) is 0.497. The molecule has 0 aliphatic carbocycles. The molecule has 1 saturated heterocycles. The fraction of sp³-hybridized carbons (Fsp3) is 0.304. The van der Waals surface area contributed by atoms with E-state index in [1.54, 1.807) is 55.8 Å². The zero-order valence-corrected chi connectivity index (χ0v) is 18.0. The van der Waals surface area contributed by atoms with Crippen LogP contribution in [0, 0.1) is 5.92 Å². The second kappa shape index (κ2) is 9.51. The molecule has 0 spiro atoms. The second-order valence-corrected chi connectivity index (χ2v) is 7.55. The SMILES string of the molecule is COc1ccc(OC)c(NC(=O)[C@H]2CCCN(C(=O)c3cc(-c4cccnc4)n[nH]3)C2)c1. The number of likely N-dealkylation sites (tertiary alicyclic amines) is 1. The summed E-state index contributed by atoms with van der Waals surface area (Å²) >= 11 is 0. The van der Waals surface area contributed by atoms with E-state index in [0.717, 1.165) is 12.0 Å². The molecule has 2 amide bonds. The van der Waals surface area contributed by atoms with Crippen molar-refractivity contribution in [1.29, 1.82) is 0 Å². The number of benzene rings is 1. The van der Waals surface area contributed by atoms with Crippen LogP contribution in [0.1, 0.15) is 23.3 Å². The summed E-state index contributed by atoms with van der Waals surface area (Å²) in [5, 5.41) is 9.96. The molecule has 2 N–H and O–H groups in total. The van der Waals surface area contributed by atoms with Crippen LogP contribution in [0.4, 0.5) is 5.69 Å². The number of nitrogens with one attached hydrogen (secondary N) is 2. The van der Waals surface area contributed by atoms with Crippen LogP contribution >= 0.6 is 0 Å². The van der Waals surface area contributed by atoms with Crippen LogP contribution in [0.2, 0.25) is 0 Å². The van der Waals surface area contributed by atoms with Crippen molar-refractivity contribution in [2.45, 2.75) is 12.8 Å². The molecule has 3 heterocycles. The highest BCUT2D eigenvalue weighted by Gasteiger charge is 2.30. The minimum atomic E-state index is -0.329. The van der Waals surface area contributed by atoms with E-state index >= 15 is 0 Å². The van der Waals surface area contributed by atoms with E-state index in [4.69, 9.17) is 9.47 Å². The number of nitrogens with zero attached hydrogens (tertiary/aromatic N) is 3. The quantitative estimate of drug-likeness (QED) is 0.616. The summed E-state index contributed by atoms with van der Waals surface area (Å²) in [6, 6.07) is 10.6. The minimum absolute atomic E-state index is 0.158. The molecule has 0 saturated carbocycles. The average Bonchev–Trinajstić information content (AvgIpc) is 3.34. The Hall–Kier alpha value is -3.88. The summed E-state index contributed by atoms with van der Waals surface area (Å²) in [4.78, 5) is 31.8. The van der Waals surface area contributed by atoms with Crippen molar-refractivity contribution >= 4 is 17.5 Å². The van der Waals surface area contributed by atoms with E-state index in [2.05, 4.69) is 20.5 Å². The lowest BCUT2D eigenvalue weighted by molar-refractivity contribution is -0.121.